The predicted molar refractivity (Wildman–Crippen MR) is 69.6 cm³/mol. The van der Waals surface area contributed by atoms with Crippen LogP contribution in [0, 0.1) is 5.41 Å². The molecule has 2 saturated heterocycles. The zero-order chi connectivity index (χ0) is 12.8. The van der Waals surface area contributed by atoms with E-state index in [9.17, 15) is 4.79 Å². The second-order valence-corrected chi connectivity index (χ2v) is 6.69. The van der Waals surface area contributed by atoms with Gasteiger partial charge in [-0.3, -0.25) is 9.69 Å². The molecular weight excluding hydrogens is 212 g/mol. The molecule has 0 aromatic rings. The first kappa shape index (κ1) is 12.9. The fourth-order valence-electron chi connectivity index (χ4n) is 3.87. The van der Waals surface area contributed by atoms with Gasteiger partial charge in [-0.15, -0.1) is 0 Å². The van der Waals surface area contributed by atoms with Crippen molar-refractivity contribution in [1.29, 1.82) is 0 Å². The number of rotatable bonds is 1. The number of piperidine rings is 1. The Morgan fingerprint density at radius 1 is 1.35 bits per heavy atom. The minimum Gasteiger partial charge on any atom is -0.328 e. The molecule has 2 rings (SSSR count). The number of fused-ring (bicyclic) bond motifs is 1. The van der Waals surface area contributed by atoms with Crippen LogP contribution in [0.1, 0.15) is 53.4 Å². The van der Waals surface area contributed by atoms with Crippen LogP contribution in [0.25, 0.3) is 0 Å². The summed E-state index contributed by atoms with van der Waals surface area (Å²) in [5.74, 6) is 0.347. The van der Waals surface area contributed by atoms with Crippen molar-refractivity contribution in [1.82, 2.24) is 9.80 Å². The highest BCUT2D eigenvalue weighted by Crippen LogP contribution is 2.45. The van der Waals surface area contributed by atoms with E-state index < -0.39 is 0 Å². The first-order chi connectivity index (χ1) is 7.84. The Morgan fingerprint density at radius 3 is 2.53 bits per heavy atom. The van der Waals surface area contributed by atoms with Crippen LogP contribution in [-0.4, -0.2) is 41.0 Å². The first-order valence-electron chi connectivity index (χ1n) is 6.88. The van der Waals surface area contributed by atoms with Crippen LogP contribution in [0.3, 0.4) is 0 Å². The topological polar surface area (TPSA) is 23.6 Å². The molecule has 2 fully saturated rings. The summed E-state index contributed by atoms with van der Waals surface area (Å²) >= 11 is 0. The molecule has 2 aliphatic rings. The van der Waals surface area contributed by atoms with E-state index in [2.05, 4.69) is 32.6 Å². The Balaban J connectivity index is 2.42. The van der Waals surface area contributed by atoms with Gasteiger partial charge in [-0.05, 0) is 31.1 Å². The molecule has 0 bridgehead atoms. The van der Waals surface area contributed by atoms with Gasteiger partial charge in [0.15, 0.2) is 0 Å². The number of carbonyl (C=O) groups excluding carboxylic acids is 1. The number of nitrogens with zero attached hydrogens (tertiary/aromatic N) is 2. The lowest BCUT2D eigenvalue weighted by molar-refractivity contribution is -0.134. The molecule has 2 heterocycles. The summed E-state index contributed by atoms with van der Waals surface area (Å²) < 4.78 is 0. The van der Waals surface area contributed by atoms with Gasteiger partial charge in [0.25, 0.3) is 0 Å². The van der Waals surface area contributed by atoms with Crippen molar-refractivity contribution < 1.29 is 4.79 Å². The fraction of sp³-hybridized carbons (Fsp3) is 0.929. The largest absolute Gasteiger partial charge is 0.328 e. The average Bonchev–Trinajstić information content (AvgIpc) is 2.49. The lowest BCUT2D eigenvalue weighted by Gasteiger charge is -2.45. The van der Waals surface area contributed by atoms with Crippen molar-refractivity contribution >= 4 is 5.91 Å². The van der Waals surface area contributed by atoms with E-state index >= 15 is 0 Å². The minimum atomic E-state index is -0.190. The van der Waals surface area contributed by atoms with Gasteiger partial charge in [0.1, 0.15) is 5.54 Å². The molecule has 98 valence electrons. The second kappa shape index (κ2) is 3.98. The highest BCUT2D eigenvalue weighted by Gasteiger charge is 2.58. The summed E-state index contributed by atoms with van der Waals surface area (Å²) in [6.07, 6.45) is 4.67. The summed E-state index contributed by atoms with van der Waals surface area (Å²) in [6, 6.07) is 0. The van der Waals surface area contributed by atoms with E-state index in [0.29, 0.717) is 5.91 Å². The Hall–Kier alpha value is -0.570. The van der Waals surface area contributed by atoms with Crippen LogP contribution >= 0.6 is 0 Å². The quantitative estimate of drug-likeness (QED) is 0.700. The number of hydrogen-bond donors (Lipinski definition) is 0. The third kappa shape index (κ3) is 1.70. The molecule has 0 unspecified atom stereocenters. The van der Waals surface area contributed by atoms with Crippen LogP contribution < -0.4 is 0 Å². The Morgan fingerprint density at radius 2 is 2.00 bits per heavy atom. The Bertz CT molecular complexity index is 321. The van der Waals surface area contributed by atoms with Crippen LogP contribution in [0.15, 0.2) is 0 Å². The minimum absolute atomic E-state index is 0.124. The molecule has 0 aromatic carbocycles. The number of likely N-dealkylation sites (N-methyl/N-ethyl adjacent to an activating group) is 1. The van der Waals surface area contributed by atoms with E-state index in [1.807, 2.05) is 11.9 Å². The molecule has 0 aromatic heterocycles. The van der Waals surface area contributed by atoms with E-state index in [0.717, 1.165) is 19.4 Å². The zero-order valence-corrected chi connectivity index (χ0v) is 11.9. The molecule has 0 aliphatic carbocycles. The van der Waals surface area contributed by atoms with E-state index in [1.165, 1.54) is 12.8 Å². The molecule has 0 saturated carbocycles. The van der Waals surface area contributed by atoms with Crippen molar-refractivity contribution in [3.05, 3.63) is 0 Å². The molecule has 3 nitrogen and oxygen atoms in total. The molecule has 2 atom stereocenters. The summed E-state index contributed by atoms with van der Waals surface area (Å²) in [4.78, 5) is 17.1. The summed E-state index contributed by atoms with van der Waals surface area (Å²) in [5.41, 5.74) is -0.0659. The van der Waals surface area contributed by atoms with Crippen molar-refractivity contribution in [2.24, 2.45) is 5.41 Å². The molecule has 1 amide bonds. The maximum absolute atomic E-state index is 12.6. The van der Waals surface area contributed by atoms with Gasteiger partial charge in [0.2, 0.25) is 5.91 Å². The van der Waals surface area contributed by atoms with Crippen molar-refractivity contribution in [2.75, 3.05) is 13.6 Å². The average molecular weight is 238 g/mol. The van der Waals surface area contributed by atoms with Gasteiger partial charge in [-0.1, -0.05) is 27.7 Å². The summed E-state index contributed by atoms with van der Waals surface area (Å²) in [5, 5.41) is 0. The fourth-order valence-corrected chi connectivity index (χ4v) is 3.87. The van der Waals surface area contributed by atoms with Crippen LogP contribution in [0.2, 0.25) is 0 Å². The second-order valence-electron chi connectivity index (χ2n) is 6.69. The highest BCUT2D eigenvalue weighted by atomic mass is 16.2. The smallest absolute Gasteiger partial charge is 0.244 e. The maximum atomic E-state index is 12.6. The van der Waals surface area contributed by atoms with Crippen molar-refractivity contribution in [3.8, 4) is 0 Å². The SMILES string of the molecule is CC[C@@]12CCCCN1[C@@H](C(C)(C)C)N(C)C2=O. The van der Waals surface area contributed by atoms with E-state index in [1.54, 1.807) is 0 Å². The van der Waals surface area contributed by atoms with Gasteiger partial charge >= 0.3 is 0 Å². The molecule has 0 spiro atoms. The van der Waals surface area contributed by atoms with Crippen LogP contribution in [0.4, 0.5) is 0 Å². The zero-order valence-electron chi connectivity index (χ0n) is 11.9. The molecule has 17 heavy (non-hydrogen) atoms. The van der Waals surface area contributed by atoms with Crippen molar-refractivity contribution in [3.63, 3.8) is 0 Å². The number of carbonyl (C=O) groups is 1. The lowest BCUT2D eigenvalue weighted by atomic mass is 9.83. The Kier molecular flexibility index (Phi) is 3.01. The normalized spacial score (nSPS) is 35.2. The molecule has 0 radical (unpaired) electrons. The van der Waals surface area contributed by atoms with E-state index in [4.69, 9.17) is 0 Å². The van der Waals surface area contributed by atoms with Gasteiger partial charge in [0.05, 0.1) is 6.17 Å². The number of amides is 1. The van der Waals surface area contributed by atoms with Gasteiger partial charge in [-0.25, -0.2) is 0 Å². The lowest BCUT2D eigenvalue weighted by Crippen LogP contribution is -2.55. The highest BCUT2D eigenvalue weighted by molar-refractivity contribution is 5.88. The summed E-state index contributed by atoms with van der Waals surface area (Å²) in [6.45, 7) is 9.95. The van der Waals surface area contributed by atoms with E-state index in [-0.39, 0.29) is 17.1 Å². The third-order valence-corrected chi connectivity index (χ3v) is 4.53. The first-order valence-corrected chi connectivity index (χ1v) is 6.88. The molecule has 0 N–H and O–H groups in total. The Labute approximate surface area is 105 Å². The van der Waals surface area contributed by atoms with Gasteiger partial charge < -0.3 is 4.90 Å². The van der Waals surface area contributed by atoms with Crippen LogP contribution in [-0.2, 0) is 4.79 Å². The molecule has 3 heteroatoms. The molecular formula is C14H26N2O. The standard InChI is InChI=1S/C14H26N2O/c1-6-14-9-7-8-10-16(14)11(13(2,3)4)15(5)12(14)17/h11H,6-10H2,1-5H3/t11-,14-/m0/s1. The third-order valence-electron chi connectivity index (χ3n) is 4.53. The van der Waals surface area contributed by atoms with Gasteiger partial charge in [-0.2, -0.15) is 0 Å². The van der Waals surface area contributed by atoms with Gasteiger partial charge in [0, 0.05) is 13.6 Å². The maximum Gasteiger partial charge on any atom is 0.244 e. The monoisotopic (exact) mass is 238 g/mol. The molecule has 2 aliphatic heterocycles. The van der Waals surface area contributed by atoms with Crippen molar-refractivity contribution in [2.45, 2.75) is 65.1 Å². The predicted octanol–water partition coefficient (Wildman–Crippen LogP) is 2.47. The number of hydrogen-bond acceptors (Lipinski definition) is 2. The van der Waals surface area contributed by atoms with Crippen LogP contribution in [0.5, 0.6) is 0 Å². The summed E-state index contributed by atoms with van der Waals surface area (Å²) in [7, 11) is 1.98.